The molecule has 21 heavy (non-hydrogen) atoms. The van der Waals surface area contributed by atoms with Crippen LogP contribution in [0.1, 0.15) is 59.3 Å². The average Bonchev–Trinajstić information content (AvgIpc) is 2.96. The van der Waals surface area contributed by atoms with E-state index in [1.54, 1.807) is 0 Å². The van der Waals surface area contributed by atoms with Crippen LogP contribution < -0.4 is 0 Å². The van der Waals surface area contributed by atoms with E-state index in [1.165, 1.54) is 38.8 Å². The Hall–Kier alpha value is -0.880. The summed E-state index contributed by atoms with van der Waals surface area (Å²) >= 11 is 0. The standard InChI is InChI=1S/C18H28N2O/c1-17(2)15-8-7-13(20-9-5-6-10-20)11-18(15,3)12-14(19-4)16(17)21/h13-15H,5-12H2,1-3H3/t13-,14?,15-,18-/m0/s1. The average molecular weight is 288 g/mol. The van der Waals surface area contributed by atoms with Crippen molar-refractivity contribution in [1.29, 1.82) is 0 Å². The normalized spacial score (nSPS) is 43.3. The van der Waals surface area contributed by atoms with E-state index in [9.17, 15) is 4.79 Å². The summed E-state index contributed by atoms with van der Waals surface area (Å²) in [6.45, 7) is 16.4. The predicted octanol–water partition coefficient (Wildman–Crippen LogP) is 3.54. The summed E-state index contributed by atoms with van der Waals surface area (Å²) in [5, 5.41) is 0. The zero-order valence-electron chi connectivity index (χ0n) is 13.7. The van der Waals surface area contributed by atoms with Crippen molar-refractivity contribution in [3.8, 4) is 0 Å². The van der Waals surface area contributed by atoms with Crippen LogP contribution in [0.3, 0.4) is 0 Å². The Morgan fingerprint density at radius 3 is 2.43 bits per heavy atom. The van der Waals surface area contributed by atoms with Gasteiger partial charge >= 0.3 is 0 Å². The molecule has 3 heteroatoms. The maximum Gasteiger partial charge on any atom is 0.281 e. The van der Waals surface area contributed by atoms with Crippen LogP contribution in [0.2, 0.25) is 0 Å². The number of ketones is 1. The highest BCUT2D eigenvalue weighted by atomic mass is 16.1. The third-order valence-electron chi connectivity index (χ3n) is 6.61. The molecule has 0 bridgehead atoms. The van der Waals surface area contributed by atoms with Gasteiger partial charge in [-0.3, -0.25) is 4.79 Å². The summed E-state index contributed by atoms with van der Waals surface area (Å²) in [6, 6.07) is 0.280. The number of carbonyl (C=O) groups is 1. The molecule has 4 atom stereocenters. The highest BCUT2D eigenvalue weighted by Crippen LogP contribution is 2.57. The first-order chi connectivity index (χ1) is 9.88. The molecule has 3 fully saturated rings. The molecule has 3 aliphatic rings. The highest BCUT2D eigenvalue weighted by molar-refractivity contribution is 5.91. The van der Waals surface area contributed by atoms with Crippen LogP contribution in [0.25, 0.3) is 4.85 Å². The van der Waals surface area contributed by atoms with Gasteiger partial charge in [0.05, 0.1) is 0 Å². The minimum Gasteiger partial charge on any atom is -0.305 e. The number of hydrogen-bond donors (Lipinski definition) is 0. The quantitative estimate of drug-likeness (QED) is 0.689. The van der Waals surface area contributed by atoms with Gasteiger partial charge in [0.2, 0.25) is 5.78 Å². The Kier molecular flexibility index (Phi) is 3.64. The molecule has 1 saturated heterocycles. The van der Waals surface area contributed by atoms with Gasteiger partial charge in [-0.15, -0.1) is 0 Å². The van der Waals surface area contributed by atoms with Crippen LogP contribution in [0, 0.1) is 23.3 Å². The summed E-state index contributed by atoms with van der Waals surface area (Å²) in [4.78, 5) is 18.9. The number of rotatable bonds is 1. The van der Waals surface area contributed by atoms with Crippen molar-refractivity contribution in [2.45, 2.75) is 71.4 Å². The number of hydrogen-bond acceptors (Lipinski definition) is 2. The van der Waals surface area contributed by atoms with Gasteiger partial charge in [0.25, 0.3) is 6.04 Å². The Morgan fingerprint density at radius 1 is 1.14 bits per heavy atom. The Bertz CT molecular complexity index is 472. The third kappa shape index (κ3) is 2.32. The van der Waals surface area contributed by atoms with Crippen LogP contribution in [0.5, 0.6) is 0 Å². The van der Waals surface area contributed by atoms with E-state index < -0.39 is 6.04 Å². The molecular formula is C18H28N2O. The first kappa shape index (κ1) is 15.0. The van der Waals surface area contributed by atoms with Crippen LogP contribution in [0.15, 0.2) is 0 Å². The molecule has 3 rings (SSSR count). The van der Waals surface area contributed by atoms with E-state index >= 15 is 0 Å². The highest BCUT2D eigenvalue weighted by Gasteiger charge is 2.59. The molecule has 0 amide bonds. The third-order valence-corrected chi connectivity index (χ3v) is 6.61. The maximum atomic E-state index is 12.6. The SMILES string of the molecule is [C-]#[N+]C1C[C@]2(C)C[C@@H](N3CCCC3)CC[C@H]2C(C)(C)C1=O. The number of nitrogens with zero attached hydrogens (tertiary/aromatic N) is 2. The summed E-state index contributed by atoms with van der Waals surface area (Å²) in [6.07, 6.45) is 7.03. The summed E-state index contributed by atoms with van der Waals surface area (Å²) in [5.41, 5.74) is -0.156. The second-order valence-corrected chi connectivity index (χ2v) is 8.32. The fourth-order valence-electron chi connectivity index (χ4n) is 5.61. The van der Waals surface area contributed by atoms with Gasteiger partial charge in [-0.1, -0.05) is 20.8 Å². The van der Waals surface area contributed by atoms with Crippen molar-refractivity contribution in [3.05, 3.63) is 11.4 Å². The van der Waals surface area contributed by atoms with Crippen LogP contribution in [0.4, 0.5) is 0 Å². The number of carbonyl (C=O) groups excluding carboxylic acids is 1. The molecular weight excluding hydrogens is 260 g/mol. The fourth-order valence-corrected chi connectivity index (χ4v) is 5.61. The summed E-state index contributed by atoms with van der Waals surface area (Å²) in [5.74, 6) is 0.647. The lowest BCUT2D eigenvalue weighted by Gasteiger charge is -2.55. The number of Topliss-reactive ketones (excluding diaryl/α,β-unsaturated/α-hetero) is 1. The molecule has 116 valence electrons. The Morgan fingerprint density at radius 2 is 1.81 bits per heavy atom. The van der Waals surface area contributed by atoms with Gasteiger partial charge < -0.3 is 9.74 Å². The van der Waals surface area contributed by atoms with E-state index in [0.29, 0.717) is 12.0 Å². The Labute approximate surface area is 128 Å². The second kappa shape index (κ2) is 5.09. The Balaban J connectivity index is 1.84. The monoisotopic (exact) mass is 288 g/mol. The largest absolute Gasteiger partial charge is 0.305 e. The van der Waals surface area contributed by atoms with Gasteiger partial charge in [0.15, 0.2) is 0 Å². The fraction of sp³-hybridized carbons (Fsp3) is 0.889. The first-order valence-corrected chi connectivity index (χ1v) is 8.53. The zero-order valence-corrected chi connectivity index (χ0v) is 13.7. The molecule has 0 aromatic heterocycles. The van der Waals surface area contributed by atoms with Crippen molar-refractivity contribution in [2.75, 3.05) is 13.1 Å². The van der Waals surface area contributed by atoms with E-state index in [2.05, 4.69) is 30.5 Å². The van der Waals surface area contributed by atoms with Crippen molar-refractivity contribution in [2.24, 2.45) is 16.7 Å². The molecule has 2 saturated carbocycles. The molecule has 1 aliphatic heterocycles. The van der Waals surface area contributed by atoms with Gasteiger partial charge in [-0.2, -0.15) is 0 Å². The van der Waals surface area contributed by atoms with Gasteiger partial charge in [0, 0.05) is 17.9 Å². The molecule has 2 aliphatic carbocycles. The second-order valence-electron chi connectivity index (χ2n) is 8.32. The first-order valence-electron chi connectivity index (χ1n) is 8.53. The molecule has 0 N–H and O–H groups in total. The number of fused-ring (bicyclic) bond motifs is 1. The van der Waals surface area contributed by atoms with Crippen molar-refractivity contribution in [3.63, 3.8) is 0 Å². The lowest BCUT2D eigenvalue weighted by molar-refractivity contribution is -0.145. The van der Waals surface area contributed by atoms with Crippen molar-refractivity contribution in [1.82, 2.24) is 4.90 Å². The molecule has 0 aromatic rings. The van der Waals surface area contributed by atoms with Gasteiger partial charge in [-0.05, 0) is 56.5 Å². The van der Waals surface area contributed by atoms with E-state index in [1.807, 2.05) is 0 Å². The molecule has 0 spiro atoms. The smallest absolute Gasteiger partial charge is 0.281 e. The predicted molar refractivity (Wildman–Crippen MR) is 83.8 cm³/mol. The van der Waals surface area contributed by atoms with E-state index in [-0.39, 0.29) is 16.6 Å². The topological polar surface area (TPSA) is 24.7 Å². The molecule has 1 heterocycles. The van der Waals surface area contributed by atoms with Crippen molar-refractivity contribution >= 4 is 5.78 Å². The van der Waals surface area contributed by atoms with Crippen LogP contribution >= 0.6 is 0 Å². The lowest BCUT2D eigenvalue weighted by atomic mass is 9.49. The maximum absolute atomic E-state index is 12.6. The zero-order chi connectivity index (χ0) is 15.3. The molecule has 0 radical (unpaired) electrons. The molecule has 0 aromatic carbocycles. The lowest BCUT2D eigenvalue weighted by Crippen LogP contribution is -2.57. The van der Waals surface area contributed by atoms with Crippen LogP contribution in [-0.2, 0) is 4.79 Å². The minimum absolute atomic E-state index is 0.165. The van der Waals surface area contributed by atoms with Crippen molar-refractivity contribution < 1.29 is 4.79 Å². The molecule has 1 unspecified atom stereocenters. The number of likely N-dealkylation sites (tertiary alicyclic amines) is 1. The minimum atomic E-state index is -0.404. The van der Waals surface area contributed by atoms with E-state index in [4.69, 9.17) is 6.57 Å². The van der Waals surface area contributed by atoms with Gasteiger partial charge in [0.1, 0.15) is 0 Å². The van der Waals surface area contributed by atoms with Gasteiger partial charge in [-0.25, -0.2) is 6.57 Å². The summed E-state index contributed by atoms with van der Waals surface area (Å²) in [7, 11) is 0. The van der Waals surface area contributed by atoms with Crippen LogP contribution in [-0.4, -0.2) is 35.9 Å². The summed E-state index contributed by atoms with van der Waals surface area (Å²) < 4.78 is 0. The molecule has 3 nitrogen and oxygen atoms in total. The van der Waals surface area contributed by atoms with E-state index in [0.717, 1.165) is 12.8 Å².